The van der Waals surface area contributed by atoms with Crippen molar-refractivity contribution >= 4 is 11.5 Å². The SMILES string of the molecule is CCCCn1c(N)c(NCC2CCCC2O)c(=O)[nH]c1=O. The molecule has 21 heavy (non-hydrogen) atoms. The zero-order chi connectivity index (χ0) is 15.4. The summed E-state index contributed by atoms with van der Waals surface area (Å²) >= 11 is 0. The quantitative estimate of drug-likeness (QED) is 0.610. The molecule has 2 rings (SSSR count). The zero-order valence-corrected chi connectivity index (χ0v) is 12.4. The summed E-state index contributed by atoms with van der Waals surface area (Å²) in [5.74, 6) is 0.296. The predicted octanol–water partition coefficient (Wildman–Crippen LogP) is 0.492. The highest BCUT2D eigenvalue weighted by molar-refractivity contribution is 5.60. The van der Waals surface area contributed by atoms with Gasteiger partial charge in [0.2, 0.25) is 0 Å². The van der Waals surface area contributed by atoms with Crippen LogP contribution in [-0.4, -0.2) is 27.3 Å². The van der Waals surface area contributed by atoms with Gasteiger partial charge in [0.25, 0.3) is 5.56 Å². The smallest absolute Gasteiger partial charge is 0.330 e. The Kier molecular flexibility index (Phi) is 5.06. The van der Waals surface area contributed by atoms with E-state index in [1.54, 1.807) is 0 Å². The van der Waals surface area contributed by atoms with Crippen molar-refractivity contribution in [1.29, 1.82) is 0 Å². The molecule has 1 aliphatic carbocycles. The Balaban J connectivity index is 2.18. The second-order valence-corrected chi connectivity index (χ2v) is 5.66. The molecular weight excluding hydrogens is 272 g/mol. The molecule has 0 aliphatic heterocycles. The summed E-state index contributed by atoms with van der Waals surface area (Å²) in [6.45, 7) is 2.99. The first-order valence-electron chi connectivity index (χ1n) is 7.59. The molecule has 0 aromatic carbocycles. The predicted molar refractivity (Wildman–Crippen MR) is 82.5 cm³/mol. The van der Waals surface area contributed by atoms with Gasteiger partial charge in [0.05, 0.1) is 6.10 Å². The molecule has 2 unspecified atom stereocenters. The van der Waals surface area contributed by atoms with Crippen LogP contribution in [0.1, 0.15) is 39.0 Å². The number of aliphatic hydroxyl groups excluding tert-OH is 1. The van der Waals surface area contributed by atoms with Crippen molar-refractivity contribution in [3.8, 4) is 0 Å². The van der Waals surface area contributed by atoms with E-state index in [-0.39, 0.29) is 23.5 Å². The standard InChI is InChI=1S/C14H24N4O3/c1-2-3-7-18-12(15)11(13(20)17-14(18)21)16-8-9-5-4-6-10(9)19/h9-10,16,19H,2-8,15H2,1H3,(H,17,20,21). The van der Waals surface area contributed by atoms with Crippen molar-refractivity contribution in [3.05, 3.63) is 20.8 Å². The normalized spacial score (nSPS) is 21.6. The molecule has 1 aromatic rings. The van der Waals surface area contributed by atoms with E-state index < -0.39 is 11.2 Å². The summed E-state index contributed by atoms with van der Waals surface area (Å²) in [7, 11) is 0. The van der Waals surface area contributed by atoms with Gasteiger partial charge in [0.15, 0.2) is 0 Å². The summed E-state index contributed by atoms with van der Waals surface area (Å²) in [4.78, 5) is 26.0. The van der Waals surface area contributed by atoms with E-state index in [1.807, 2.05) is 6.92 Å². The van der Waals surface area contributed by atoms with Gasteiger partial charge in [-0.1, -0.05) is 19.8 Å². The monoisotopic (exact) mass is 296 g/mol. The zero-order valence-electron chi connectivity index (χ0n) is 12.4. The van der Waals surface area contributed by atoms with Crippen molar-refractivity contribution < 1.29 is 5.11 Å². The van der Waals surface area contributed by atoms with E-state index in [0.29, 0.717) is 13.1 Å². The number of nitrogens with two attached hydrogens (primary N) is 1. The van der Waals surface area contributed by atoms with E-state index in [1.165, 1.54) is 4.57 Å². The second-order valence-electron chi connectivity index (χ2n) is 5.66. The number of anilines is 2. The molecular formula is C14H24N4O3. The number of hydrogen-bond acceptors (Lipinski definition) is 5. The molecule has 7 heteroatoms. The van der Waals surface area contributed by atoms with Crippen LogP contribution >= 0.6 is 0 Å². The van der Waals surface area contributed by atoms with Crippen molar-refractivity contribution in [2.24, 2.45) is 5.92 Å². The second kappa shape index (κ2) is 6.80. The van der Waals surface area contributed by atoms with Gasteiger partial charge in [-0.15, -0.1) is 0 Å². The molecule has 1 saturated carbocycles. The Morgan fingerprint density at radius 3 is 2.81 bits per heavy atom. The van der Waals surface area contributed by atoms with E-state index in [4.69, 9.17) is 5.73 Å². The average molecular weight is 296 g/mol. The highest BCUT2D eigenvalue weighted by atomic mass is 16.3. The van der Waals surface area contributed by atoms with Crippen LogP contribution < -0.4 is 22.3 Å². The van der Waals surface area contributed by atoms with Crippen LogP contribution in [0, 0.1) is 5.92 Å². The van der Waals surface area contributed by atoms with Gasteiger partial charge in [-0.25, -0.2) is 4.79 Å². The minimum Gasteiger partial charge on any atom is -0.393 e. The third-order valence-electron chi connectivity index (χ3n) is 4.13. The van der Waals surface area contributed by atoms with Crippen LogP contribution in [0.4, 0.5) is 11.5 Å². The number of hydrogen-bond donors (Lipinski definition) is 4. The number of H-pyrrole nitrogens is 1. The molecule has 5 N–H and O–H groups in total. The lowest BCUT2D eigenvalue weighted by molar-refractivity contribution is 0.138. The van der Waals surface area contributed by atoms with Crippen LogP contribution in [0.5, 0.6) is 0 Å². The first kappa shape index (κ1) is 15.6. The van der Waals surface area contributed by atoms with Gasteiger partial charge >= 0.3 is 5.69 Å². The summed E-state index contributed by atoms with van der Waals surface area (Å²) < 4.78 is 1.39. The highest BCUT2D eigenvalue weighted by Crippen LogP contribution is 2.25. The van der Waals surface area contributed by atoms with Gasteiger partial charge in [-0.2, -0.15) is 0 Å². The summed E-state index contributed by atoms with van der Waals surface area (Å²) in [5, 5.41) is 12.8. The van der Waals surface area contributed by atoms with Crippen molar-refractivity contribution in [3.63, 3.8) is 0 Å². The van der Waals surface area contributed by atoms with Crippen molar-refractivity contribution in [1.82, 2.24) is 9.55 Å². The van der Waals surface area contributed by atoms with E-state index in [2.05, 4.69) is 10.3 Å². The Bertz CT molecular complexity index is 593. The maximum absolute atomic E-state index is 11.9. The van der Waals surface area contributed by atoms with Gasteiger partial charge in [-0.05, 0) is 19.3 Å². The number of aromatic nitrogens is 2. The molecule has 1 heterocycles. The molecule has 0 radical (unpaired) electrons. The first-order valence-corrected chi connectivity index (χ1v) is 7.59. The van der Waals surface area contributed by atoms with Crippen LogP contribution in [0.15, 0.2) is 9.59 Å². The minimum absolute atomic E-state index is 0.125. The summed E-state index contributed by atoms with van der Waals surface area (Å²) in [6, 6.07) is 0. The number of rotatable bonds is 6. The molecule has 2 atom stereocenters. The van der Waals surface area contributed by atoms with E-state index in [0.717, 1.165) is 32.1 Å². The lowest BCUT2D eigenvalue weighted by atomic mass is 10.1. The number of aliphatic hydroxyl groups is 1. The van der Waals surface area contributed by atoms with Crippen LogP contribution in [0.2, 0.25) is 0 Å². The topological polar surface area (TPSA) is 113 Å². The maximum Gasteiger partial charge on any atom is 0.330 e. The molecule has 1 aliphatic rings. The Hall–Kier alpha value is -1.76. The molecule has 1 aromatic heterocycles. The molecule has 0 amide bonds. The molecule has 0 spiro atoms. The fourth-order valence-corrected chi connectivity index (χ4v) is 2.79. The molecule has 7 nitrogen and oxygen atoms in total. The van der Waals surface area contributed by atoms with Crippen LogP contribution in [0.3, 0.4) is 0 Å². The van der Waals surface area contributed by atoms with Gasteiger partial charge in [0.1, 0.15) is 11.5 Å². The minimum atomic E-state index is -0.502. The number of nitrogen functional groups attached to an aromatic ring is 1. The van der Waals surface area contributed by atoms with Crippen LogP contribution in [-0.2, 0) is 6.54 Å². The van der Waals surface area contributed by atoms with Crippen LogP contribution in [0.25, 0.3) is 0 Å². The highest BCUT2D eigenvalue weighted by Gasteiger charge is 2.25. The lowest BCUT2D eigenvalue weighted by Crippen LogP contribution is -2.35. The lowest BCUT2D eigenvalue weighted by Gasteiger charge is -2.18. The van der Waals surface area contributed by atoms with Gasteiger partial charge < -0.3 is 16.2 Å². The summed E-state index contributed by atoms with van der Waals surface area (Å²) in [5.41, 5.74) is 5.21. The van der Waals surface area contributed by atoms with Crippen molar-refractivity contribution in [2.45, 2.75) is 51.7 Å². The number of unbranched alkanes of at least 4 members (excludes halogenated alkanes) is 1. The summed E-state index contributed by atoms with van der Waals surface area (Å²) in [6.07, 6.45) is 4.15. The molecule has 0 bridgehead atoms. The Morgan fingerprint density at radius 1 is 1.43 bits per heavy atom. The fourth-order valence-electron chi connectivity index (χ4n) is 2.79. The molecule has 118 valence electrons. The molecule has 0 saturated heterocycles. The maximum atomic E-state index is 11.9. The van der Waals surface area contributed by atoms with Gasteiger partial charge in [-0.3, -0.25) is 14.3 Å². The number of nitrogens with one attached hydrogen (secondary N) is 2. The number of nitrogens with zero attached hydrogens (tertiary/aromatic N) is 1. The van der Waals surface area contributed by atoms with Gasteiger partial charge in [0, 0.05) is 19.0 Å². The third-order valence-corrected chi connectivity index (χ3v) is 4.13. The Labute approximate surface area is 123 Å². The molecule has 1 fully saturated rings. The number of aromatic amines is 1. The first-order chi connectivity index (χ1) is 10.0. The Morgan fingerprint density at radius 2 is 2.19 bits per heavy atom. The van der Waals surface area contributed by atoms with Crippen molar-refractivity contribution in [2.75, 3.05) is 17.6 Å². The largest absolute Gasteiger partial charge is 0.393 e. The third kappa shape index (κ3) is 3.47. The van der Waals surface area contributed by atoms with E-state index >= 15 is 0 Å². The van der Waals surface area contributed by atoms with E-state index in [9.17, 15) is 14.7 Å². The average Bonchev–Trinajstić information content (AvgIpc) is 2.84. The fraction of sp³-hybridized carbons (Fsp3) is 0.714.